The van der Waals surface area contributed by atoms with Gasteiger partial charge < -0.3 is 4.74 Å². The molecule has 1 saturated carbocycles. The van der Waals surface area contributed by atoms with Crippen molar-refractivity contribution >= 4 is 9.84 Å². The second-order valence-corrected chi connectivity index (χ2v) is 11.2. The summed E-state index contributed by atoms with van der Waals surface area (Å²) >= 11 is 0. The van der Waals surface area contributed by atoms with Crippen LogP contribution in [0.15, 0.2) is 30.4 Å². The fraction of sp³-hybridized carbons (Fsp3) is 0.636. The van der Waals surface area contributed by atoms with Crippen molar-refractivity contribution in [2.75, 3.05) is 18.1 Å². The van der Waals surface area contributed by atoms with Gasteiger partial charge in [0.15, 0.2) is 21.4 Å². The van der Waals surface area contributed by atoms with E-state index in [1.165, 1.54) is 6.07 Å². The lowest BCUT2D eigenvalue weighted by atomic mass is 9.92. The van der Waals surface area contributed by atoms with Gasteiger partial charge in [-0.1, -0.05) is 45.9 Å². The van der Waals surface area contributed by atoms with E-state index in [1.54, 1.807) is 12.1 Å². The molecule has 0 spiro atoms. The summed E-state index contributed by atoms with van der Waals surface area (Å²) in [5.41, 5.74) is 1.01. The minimum atomic E-state index is -3.17. The molecule has 0 saturated heterocycles. The highest BCUT2D eigenvalue weighted by atomic mass is 32.2. The van der Waals surface area contributed by atoms with Crippen LogP contribution in [-0.2, 0) is 9.84 Å². The third-order valence-electron chi connectivity index (χ3n) is 4.69. The molecule has 1 aromatic carbocycles. The summed E-state index contributed by atoms with van der Waals surface area (Å²) < 4.78 is 44.3. The molecular weight excluding hydrogens is 363 g/mol. The molecule has 1 atom stereocenters. The largest absolute Gasteiger partial charge is 0.490 e. The van der Waals surface area contributed by atoms with E-state index in [0.29, 0.717) is 18.9 Å². The Morgan fingerprint density at radius 2 is 1.96 bits per heavy atom. The zero-order valence-electron chi connectivity index (χ0n) is 17.0. The van der Waals surface area contributed by atoms with Crippen LogP contribution in [0.2, 0.25) is 0 Å². The average Bonchev–Trinajstić information content (AvgIpc) is 3.36. The summed E-state index contributed by atoms with van der Waals surface area (Å²) in [4.78, 5) is 0. The van der Waals surface area contributed by atoms with E-state index in [2.05, 4.69) is 26.8 Å². The van der Waals surface area contributed by atoms with Crippen LogP contribution in [0.5, 0.6) is 5.75 Å². The monoisotopic (exact) mass is 396 g/mol. The number of ether oxygens (including phenoxy) is 1. The van der Waals surface area contributed by atoms with Crippen molar-refractivity contribution in [3.8, 4) is 5.75 Å². The van der Waals surface area contributed by atoms with Crippen molar-refractivity contribution in [2.45, 2.75) is 59.3 Å². The van der Waals surface area contributed by atoms with Crippen LogP contribution in [0.25, 0.3) is 0 Å². The van der Waals surface area contributed by atoms with Crippen molar-refractivity contribution in [3.63, 3.8) is 0 Å². The Morgan fingerprint density at radius 1 is 1.26 bits per heavy atom. The number of halogens is 1. The van der Waals surface area contributed by atoms with Crippen LogP contribution in [0.1, 0.15) is 64.9 Å². The van der Waals surface area contributed by atoms with Gasteiger partial charge in [-0.25, -0.2) is 12.8 Å². The van der Waals surface area contributed by atoms with Crippen LogP contribution in [0.3, 0.4) is 0 Å². The molecule has 0 aliphatic heterocycles. The first-order valence-electron chi connectivity index (χ1n) is 9.83. The van der Waals surface area contributed by atoms with Crippen molar-refractivity contribution < 1.29 is 17.5 Å². The quantitative estimate of drug-likeness (QED) is 0.489. The van der Waals surface area contributed by atoms with Gasteiger partial charge in [0.2, 0.25) is 0 Å². The van der Waals surface area contributed by atoms with Crippen molar-refractivity contribution in [3.05, 3.63) is 41.7 Å². The Hall–Kier alpha value is -1.36. The number of benzene rings is 1. The number of hydrogen-bond donors (Lipinski definition) is 0. The SMILES string of the molecule is C[C@@H](CS(=O)(=O)CC/C=C\CC(C)(C)C)c1ccc(F)c(OCC2CC2)c1. The van der Waals surface area contributed by atoms with Crippen LogP contribution < -0.4 is 4.74 Å². The molecule has 27 heavy (non-hydrogen) atoms. The van der Waals surface area contributed by atoms with E-state index in [0.717, 1.165) is 24.8 Å². The van der Waals surface area contributed by atoms with Crippen LogP contribution in [-0.4, -0.2) is 26.5 Å². The molecule has 152 valence electrons. The predicted molar refractivity (Wildman–Crippen MR) is 110 cm³/mol. The van der Waals surface area contributed by atoms with E-state index in [4.69, 9.17) is 4.74 Å². The second-order valence-electron chi connectivity index (χ2n) is 8.98. The molecule has 0 bridgehead atoms. The molecule has 1 aliphatic rings. The number of rotatable bonds is 10. The average molecular weight is 397 g/mol. The van der Waals surface area contributed by atoms with E-state index < -0.39 is 15.7 Å². The summed E-state index contributed by atoms with van der Waals surface area (Å²) in [5, 5.41) is 0. The normalized spacial score (nSPS) is 16.6. The van der Waals surface area contributed by atoms with Crippen LogP contribution in [0, 0.1) is 17.2 Å². The lowest BCUT2D eigenvalue weighted by molar-refractivity contribution is 0.285. The minimum Gasteiger partial charge on any atom is -0.490 e. The summed E-state index contributed by atoms with van der Waals surface area (Å²) in [6.45, 7) is 8.86. The second kappa shape index (κ2) is 9.22. The fourth-order valence-corrected chi connectivity index (χ4v) is 4.41. The molecule has 5 heteroatoms. The van der Waals surface area contributed by atoms with Gasteiger partial charge in [0.05, 0.1) is 18.1 Å². The molecule has 0 radical (unpaired) electrons. The highest BCUT2D eigenvalue weighted by Gasteiger charge is 2.23. The Kier molecular flexibility index (Phi) is 7.49. The molecule has 1 aliphatic carbocycles. The molecule has 1 aromatic rings. The van der Waals surface area contributed by atoms with Gasteiger partial charge in [0.25, 0.3) is 0 Å². The lowest BCUT2D eigenvalue weighted by Crippen LogP contribution is -2.16. The summed E-state index contributed by atoms with van der Waals surface area (Å²) in [6, 6.07) is 4.68. The smallest absolute Gasteiger partial charge is 0.165 e. The van der Waals surface area contributed by atoms with Crippen molar-refractivity contribution in [2.24, 2.45) is 11.3 Å². The molecule has 0 heterocycles. The first-order valence-corrected chi connectivity index (χ1v) is 11.7. The molecule has 1 fully saturated rings. The Morgan fingerprint density at radius 3 is 2.59 bits per heavy atom. The van der Waals surface area contributed by atoms with Gasteiger partial charge in [0, 0.05) is 0 Å². The molecule has 0 unspecified atom stereocenters. The summed E-state index contributed by atoms with van der Waals surface area (Å²) in [7, 11) is -3.17. The maximum absolute atomic E-state index is 13.9. The molecule has 3 nitrogen and oxygen atoms in total. The Labute approximate surface area is 163 Å². The summed E-state index contributed by atoms with van der Waals surface area (Å²) in [6.07, 6.45) is 7.75. The van der Waals surface area contributed by atoms with Gasteiger partial charge in [-0.2, -0.15) is 0 Å². The Balaban J connectivity index is 1.88. The van der Waals surface area contributed by atoms with E-state index in [9.17, 15) is 12.8 Å². The van der Waals surface area contributed by atoms with Crippen LogP contribution >= 0.6 is 0 Å². The van der Waals surface area contributed by atoms with E-state index >= 15 is 0 Å². The molecule has 0 N–H and O–H groups in total. The Bertz CT molecular complexity index is 743. The third kappa shape index (κ3) is 8.46. The highest BCUT2D eigenvalue weighted by Crippen LogP contribution is 2.31. The van der Waals surface area contributed by atoms with Crippen molar-refractivity contribution in [1.82, 2.24) is 0 Å². The van der Waals surface area contributed by atoms with Gasteiger partial charge in [0.1, 0.15) is 0 Å². The lowest BCUT2D eigenvalue weighted by Gasteiger charge is -2.15. The first kappa shape index (κ1) is 21.9. The number of allylic oxidation sites excluding steroid dienone is 2. The maximum atomic E-state index is 13.9. The summed E-state index contributed by atoms with van der Waals surface area (Å²) in [5.74, 6) is 0.389. The molecule has 2 rings (SSSR count). The third-order valence-corrected chi connectivity index (χ3v) is 6.56. The topological polar surface area (TPSA) is 43.4 Å². The molecule has 0 aromatic heterocycles. The molecule has 0 amide bonds. The fourth-order valence-electron chi connectivity index (χ4n) is 2.79. The minimum absolute atomic E-state index is 0.0633. The zero-order chi connectivity index (χ0) is 20.1. The first-order chi connectivity index (χ1) is 12.6. The highest BCUT2D eigenvalue weighted by molar-refractivity contribution is 7.91. The van der Waals surface area contributed by atoms with E-state index in [-0.39, 0.29) is 28.6 Å². The number of hydrogen-bond acceptors (Lipinski definition) is 3. The standard InChI is InChI=1S/C22H33FO3S/c1-17(16-27(24,25)13-7-5-6-12-22(2,3)4)19-10-11-20(23)21(14-19)26-15-18-8-9-18/h5-6,10-11,14,17-18H,7-9,12-13,15-16H2,1-4H3/b6-5-/t17-/m0/s1. The van der Waals surface area contributed by atoms with Crippen molar-refractivity contribution in [1.29, 1.82) is 0 Å². The van der Waals surface area contributed by atoms with Gasteiger partial charge in [-0.15, -0.1) is 0 Å². The van der Waals surface area contributed by atoms with Gasteiger partial charge >= 0.3 is 0 Å². The van der Waals surface area contributed by atoms with Gasteiger partial charge in [-0.05, 0) is 60.6 Å². The molecular formula is C22H33FO3S. The maximum Gasteiger partial charge on any atom is 0.165 e. The number of sulfone groups is 1. The zero-order valence-corrected chi connectivity index (χ0v) is 17.8. The van der Waals surface area contributed by atoms with E-state index in [1.807, 2.05) is 13.0 Å². The predicted octanol–water partition coefficient (Wildman–Crippen LogP) is 5.52. The van der Waals surface area contributed by atoms with Gasteiger partial charge in [-0.3, -0.25) is 0 Å². The van der Waals surface area contributed by atoms with Crippen LogP contribution in [0.4, 0.5) is 4.39 Å².